The molecule has 24 heavy (non-hydrogen) atoms. The van der Waals surface area contributed by atoms with Crippen LogP contribution in [-0.4, -0.2) is 29.6 Å². The Morgan fingerprint density at radius 2 is 1.96 bits per heavy atom. The maximum Gasteiger partial charge on any atom is 0.433 e. The lowest BCUT2D eigenvalue weighted by Crippen LogP contribution is -2.26. The quantitative estimate of drug-likeness (QED) is 0.863. The number of rotatable bonds is 3. The molecule has 2 aromatic rings. The Kier molecular flexibility index (Phi) is 4.04. The Balaban J connectivity index is 1.70. The smallest absolute Gasteiger partial charge is 0.433 e. The molecule has 0 bridgehead atoms. The number of hydrogen-bond acceptors (Lipinski definition) is 4. The van der Waals surface area contributed by atoms with Crippen molar-refractivity contribution in [2.45, 2.75) is 12.7 Å². The summed E-state index contributed by atoms with van der Waals surface area (Å²) in [5, 5.41) is 0. The third kappa shape index (κ3) is 3.27. The van der Waals surface area contributed by atoms with Gasteiger partial charge in [0.15, 0.2) is 11.5 Å². The molecule has 0 unspecified atom stereocenters. The van der Waals surface area contributed by atoms with Gasteiger partial charge in [-0.05, 0) is 29.8 Å². The van der Waals surface area contributed by atoms with Crippen molar-refractivity contribution < 1.29 is 27.4 Å². The van der Waals surface area contributed by atoms with Crippen molar-refractivity contribution in [2.24, 2.45) is 0 Å². The average Bonchev–Trinajstić information content (AvgIpc) is 3.01. The fraction of sp³-hybridized carbons (Fsp3) is 0.250. The molecule has 2 heterocycles. The van der Waals surface area contributed by atoms with E-state index in [0.717, 1.165) is 23.9 Å². The summed E-state index contributed by atoms with van der Waals surface area (Å²) in [5.41, 5.74) is -0.126. The lowest BCUT2D eigenvalue weighted by molar-refractivity contribution is -0.141. The zero-order valence-electron chi connectivity index (χ0n) is 12.6. The fourth-order valence-corrected chi connectivity index (χ4v) is 2.29. The molecule has 5 nitrogen and oxygen atoms in total. The van der Waals surface area contributed by atoms with Gasteiger partial charge in [-0.15, -0.1) is 0 Å². The first kappa shape index (κ1) is 16.1. The number of hydrogen-bond donors (Lipinski definition) is 0. The number of halogens is 3. The van der Waals surface area contributed by atoms with Crippen molar-refractivity contribution in [3.8, 4) is 11.5 Å². The first-order valence-corrected chi connectivity index (χ1v) is 7.02. The van der Waals surface area contributed by atoms with E-state index in [1.54, 1.807) is 25.2 Å². The van der Waals surface area contributed by atoms with Crippen molar-refractivity contribution in [3.05, 3.63) is 53.3 Å². The highest BCUT2D eigenvalue weighted by Gasteiger charge is 2.32. The molecule has 3 rings (SSSR count). The number of carbonyl (C=O) groups is 1. The zero-order valence-corrected chi connectivity index (χ0v) is 12.6. The van der Waals surface area contributed by atoms with Crippen LogP contribution in [0.3, 0.4) is 0 Å². The first-order valence-electron chi connectivity index (χ1n) is 7.02. The minimum atomic E-state index is -4.53. The second-order valence-corrected chi connectivity index (χ2v) is 5.28. The molecular formula is C16H13F3N2O3. The van der Waals surface area contributed by atoms with E-state index in [1.807, 2.05) is 0 Å². The average molecular weight is 338 g/mol. The molecule has 1 aromatic heterocycles. The number of nitrogens with zero attached hydrogens (tertiary/aromatic N) is 2. The molecule has 0 saturated carbocycles. The van der Waals surface area contributed by atoms with Crippen molar-refractivity contribution >= 4 is 5.91 Å². The van der Waals surface area contributed by atoms with Gasteiger partial charge in [0.25, 0.3) is 5.91 Å². The summed E-state index contributed by atoms with van der Waals surface area (Å²) in [4.78, 5) is 17.0. The largest absolute Gasteiger partial charge is 0.454 e. The van der Waals surface area contributed by atoms with Gasteiger partial charge in [-0.1, -0.05) is 6.07 Å². The molecule has 1 aliphatic heterocycles. The van der Waals surface area contributed by atoms with Crippen LogP contribution in [0.1, 0.15) is 21.6 Å². The van der Waals surface area contributed by atoms with E-state index in [2.05, 4.69) is 4.98 Å². The Bertz CT molecular complexity index is 760. The van der Waals surface area contributed by atoms with E-state index in [1.165, 1.54) is 4.90 Å². The van der Waals surface area contributed by atoms with Gasteiger partial charge >= 0.3 is 6.18 Å². The molecular weight excluding hydrogens is 325 g/mol. The number of fused-ring (bicyclic) bond motifs is 1. The number of alkyl halides is 3. The maximum absolute atomic E-state index is 12.5. The summed E-state index contributed by atoms with van der Waals surface area (Å²) < 4.78 is 48.0. The van der Waals surface area contributed by atoms with E-state index < -0.39 is 17.8 Å². The highest BCUT2D eigenvalue weighted by Crippen LogP contribution is 2.33. The van der Waals surface area contributed by atoms with Crippen molar-refractivity contribution in [1.82, 2.24) is 9.88 Å². The molecule has 0 aliphatic carbocycles. The normalized spacial score (nSPS) is 13.0. The van der Waals surface area contributed by atoms with E-state index in [0.29, 0.717) is 11.5 Å². The third-order valence-corrected chi connectivity index (χ3v) is 3.50. The van der Waals surface area contributed by atoms with Crippen LogP contribution in [-0.2, 0) is 12.7 Å². The highest BCUT2D eigenvalue weighted by molar-refractivity contribution is 5.93. The Hall–Kier alpha value is -2.77. The van der Waals surface area contributed by atoms with Gasteiger partial charge in [0.1, 0.15) is 5.69 Å². The lowest BCUT2D eigenvalue weighted by Gasteiger charge is -2.17. The summed E-state index contributed by atoms with van der Waals surface area (Å²) in [5.74, 6) is 0.818. The Morgan fingerprint density at radius 1 is 1.21 bits per heavy atom. The van der Waals surface area contributed by atoms with Crippen molar-refractivity contribution in [2.75, 3.05) is 13.8 Å². The fourth-order valence-electron chi connectivity index (χ4n) is 2.29. The molecule has 0 atom stereocenters. The minimum absolute atomic E-state index is 0.0891. The highest BCUT2D eigenvalue weighted by atomic mass is 19.4. The summed E-state index contributed by atoms with van der Waals surface area (Å²) in [7, 11) is 1.56. The Morgan fingerprint density at radius 3 is 2.62 bits per heavy atom. The number of aromatic nitrogens is 1. The van der Waals surface area contributed by atoms with Gasteiger partial charge < -0.3 is 14.4 Å². The van der Waals surface area contributed by atoms with Crippen LogP contribution in [0.15, 0.2) is 36.5 Å². The second-order valence-electron chi connectivity index (χ2n) is 5.28. The van der Waals surface area contributed by atoms with E-state index in [-0.39, 0.29) is 18.9 Å². The van der Waals surface area contributed by atoms with Gasteiger partial charge in [-0.25, -0.2) is 0 Å². The molecule has 0 spiro atoms. The van der Waals surface area contributed by atoms with Crippen molar-refractivity contribution in [3.63, 3.8) is 0 Å². The number of ether oxygens (including phenoxy) is 2. The van der Waals surface area contributed by atoms with Gasteiger partial charge in [0.2, 0.25) is 6.79 Å². The van der Waals surface area contributed by atoms with Gasteiger partial charge in [-0.2, -0.15) is 13.2 Å². The molecule has 1 aliphatic rings. The predicted octanol–water partition coefficient (Wildman–Crippen LogP) is 3.10. The van der Waals surface area contributed by atoms with Crippen LogP contribution in [0.4, 0.5) is 13.2 Å². The zero-order chi connectivity index (χ0) is 17.3. The number of carbonyl (C=O) groups excluding carboxylic acids is 1. The van der Waals surface area contributed by atoms with Crippen LogP contribution in [0, 0.1) is 0 Å². The second kappa shape index (κ2) is 6.03. The third-order valence-electron chi connectivity index (χ3n) is 3.50. The summed E-state index contributed by atoms with van der Waals surface area (Å²) in [6, 6.07) is 7.21. The summed E-state index contributed by atoms with van der Waals surface area (Å²) in [6.07, 6.45) is -3.60. The number of amides is 1. The molecule has 1 amide bonds. The predicted molar refractivity (Wildman–Crippen MR) is 77.6 cm³/mol. The maximum atomic E-state index is 12.5. The Labute approximate surface area is 135 Å². The van der Waals surface area contributed by atoms with E-state index in [9.17, 15) is 18.0 Å². The molecule has 1 aromatic carbocycles. The van der Waals surface area contributed by atoms with Crippen LogP contribution in [0.5, 0.6) is 11.5 Å². The number of pyridine rings is 1. The van der Waals surface area contributed by atoms with E-state index >= 15 is 0 Å². The minimum Gasteiger partial charge on any atom is -0.454 e. The van der Waals surface area contributed by atoms with Crippen LogP contribution in [0.2, 0.25) is 0 Å². The molecule has 0 radical (unpaired) electrons. The molecule has 0 saturated heterocycles. The first-order chi connectivity index (χ1) is 11.3. The molecule has 8 heteroatoms. The standard InChI is InChI=1S/C16H13F3N2O3/c1-21(8-10-2-4-12-13(6-10)24-9-23-12)15(22)11-3-5-14(20-7-11)16(17,18)19/h2-7H,8-9H2,1H3. The number of benzene rings is 1. The SMILES string of the molecule is CN(Cc1ccc2c(c1)OCO2)C(=O)c1ccc(C(F)(F)F)nc1. The van der Waals surface area contributed by atoms with Gasteiger partial charge in [0, 0.05) is 19.8 Å². The van der Waals surface area contributed by atoms with Gasteiger partial charge in [-0.3, -0.25) is 9.78 Å². The topological polar surface area (TPSA) is 51.7 Å². The monoisotopic (exact) mass is 338 g/mol. The van der Waals surface area contributed by atoms with E-state index in [4.69, 9.17) is 9.47 Å². The molecule has 0 N–H and O–H groups in total. The molecule has 126 valence electrons. The van der Waals surface area contributed by atoms with Crippen LogP contribution < -0.4 is 9.47 Å². The summed E-state index contributed by atoms with van der Waals surface area (Å²) in [6.45, 7) is 0.432. The van der Waals surface area contributed by atoms with Crippen LogP contribution in [0.25, 0.3) is 0 Å². The van der Waals surface area contributed by atoms with Crippen molar-refractivity contribution in [1.29, 1.82) is 0 Å². The van der Waals surface area contributed by atoms with Gasteiger partial charge in [0.05, 0.1) is 5.56 Å². The summed E-state index contributed by atoms with van der Waals surface area (Å²) >= 11 is 0. The lowest BCUT2D eigenvalue weighted by atomic mass is 10.1. The molecule has 0 fully saturated rings. The van der Waals surface area contributed by atoms with Crippen LogP contribution >= 0.6 is 0 Å².